The average molecular weight is 289 g/mol. The number of nitrogens with one attached hydrogen (secondary N) is 2. The molecule has 0 saturated heterocycles. The summed E-state index contributed by atoms with van der Waals surface area (Å²) < 4.78 is 0. The highest BCUT2D eigenvalue weighted by atomic mass is 32.1. The monoisotopic (exact) mass is 289 g/mol. The molecule has 0 spiro atoms. The quantitative estimate of drug-likeness (QED) is 0.859. The lowest BCUT2D eigenvalue weighted by atomic mass is 9.96. The van der Waals surface area contributed by atoms with Crippen molar-refractivity contribution in [2.75, 3.05) is 11.9 Å². The van der Waals surface area contributed by atoms with E-state index in [1.165, 1.54) is 16.9 Å². The zero-order valence-electron chi connectivity index (χ0n) is 11.7. The van der Waals surface area contributed by atoms with Crippen LogP contribution in [0.5, 0.6) is 0 Å². The summed E-state index contributed by atoms with van der Waals surface area (Å²) in [5, 5.41) is 8.56. The molecule has 20 heavy (non-hydrogen) atoms. The first-order chi connectivity index (χ1) is 9.66. The van der Waals surface area contributed by atoms with Gasteiger partial charge in [-0.3, -0.25) is 4.79 Å². The topological polar surface area (TPSA) is 54.0 Å². The largest absolute Gasteiger partial charge is 0.301 e. The Morgan fingerprint density at radius 1 is 1.30 bits per heavy atom. The Hall–Kier alpha value is -1.72. The molecule has 0 bridgehead atoms. The van der Waals surface area contributed by atoms with Gasteiger partial charge in [-0.1, -0.05) is 44.2 Å². The first kappa shape index (κ1) is 14.7. The Kier molecular flexibility index (Phi) is 5.26. The van der Waals surface area contributed by atoms with Gasteiger partial charge >= 0.3 is 0 Å². The van der Waals surface area contributed by atoms with Crippen molar-refractivity contribution in [1.82, 2.24) is 10.3 Å². The summed E-state index contributed by atoms with van der Waals surface area (Å²) in [6.45, 7) is 4.56. The van der Waals surface area contributed by atoms with Crippen LogP contribution in [0.2, 0.25) is 0 Å². The van der Waals surface area contributed by atoms with E-state index in [4.69, 9.17) is 0 Å². The molecule has 2 rings (SSSR count). The molecule has 1 atom stereocenters. The molecule has 1 aromatic carbocycles. The number of rotatable bonds is 6. The third-order valence-electron chi connectivity index (χ3n) is 2.99. The van der Waals surface area contributed by atoms with Gasteiger partial charge in [-0.15, -0.1) is 11.3 Å². The number of thiazole rings is 1. The van der Waals surface area contributed by atoms with E-state index in [1.807, 2.05) is 23.6 Å². The van der Waals surface area contributed by atoms with Crippen molar-refractivity contribution in [1.29, 1.82) is 0 Å². The molecular weight excluding hydrogens is 270 g/mol. The molecule has 1 heterocycles. The molecule has 0 aliphatic heterocycles. The smallest absolute Gasteiger partial charge is 0.240 e. The number of benzene rings is 1. The number of aromatic nitrogens is 1. The summed E-state index contributed by atoms with van der Waals surface area (Å²) in [5.41, 5.74) is 1.20. The summed E-state index contributed by atoms with van der Waals surface area (Å²) in [7, 11) is 0. The van der Waals surface area contributed by atoms with Crippen LogP contribution in [0.25, 0.3) is 0 Å². The molecule has 2 aromatic rings. The van der Waals surface area contributed by atoms with Crippen LogP contribution in [0.15, 0.2) is 41.9 Å². The maximum Gasteiger partial charge on any atom is 0.240 e. The zero-order valence-corrected chi connectivity index (χ0v) is 12.5. The maximum atomic E-state index is 11.9. The van der Waals surface area contributed by atoms with Crippen LogP contribution in [0.3, 0.4) is 0 Å². The molecular formula is C15H19N3OS. The summed E-state index contributed by atoms with van der Waals surface area (Å²) in [5.74, 6) is 0.339. The summed E-state index contributed by atoms with van der Waals surface area (Å²) in [4.78, 5) is 15.9. The third kappa shape index (κ3) is 4.15. The highest BCUT2D eigenvalue weighted by molar-refractivity contribution is 7.13. The van der Waals surface area contributed by atoms with Crippen LogP contribution in [-0.4, -0.2) is 17.4 Å². The van der Waals surface area contributed by atoms with E-state index in [0.717, 1.165) is 0 Å². The summed E-state index contributed by atoms with van der Waals surface area (Å²) in [6.07, 6.45) is 1.68. The van der Waals surface area contributed by atoms with Gasteiger partial charge < -0.3 is 10.6 Å². The molecule has 0 aliphatic carbocycles. The molecule has 1 amide bonds. The summed E-state index contributed by atoms with van der Waals surface area (Å²) >= 11 is 1.42. The molecule has 0 fully saturated rings. The van der Waals surface area contributed by atoms with Gasteiger partial charge in [0, 0.05) is 17.6 Å². The molecule has 0 radical (unpaired) electrons. The van der Waals surface area contributed by atoms with Gasteiger partial charge in [0.15, 0.2) is 5.13 Å². The van der Waals surface area contributed by atoms with E-state index < -0.39 is 0 Å². The molecule has 2 N–H and O–H groups in total. The highest BCUT2D eigenvalue weighted by Crippen LogP contribution is 2.21. The van der Waals surface area contributed by atoms with E-state index in [0.29, 0.717) is 11.0 Å². The third-order valence-corrected chi connectivity index (χ3v) is 3.68. The van der Waals surface area contributed by atoms with Crippen molar-refractivity contribution in [2.24, 2.45) is 5.92 Å². The minimum absolute atomic E-state index is 0.0680. The molecule has 106 valence electrons. The second-order valence-electron chi connectivity index (χ2n) is 4.90. The van der Waals surface area contributed by atoms with Crippen molar-refractivity contribution in [3.05, 3.63) is 47.5 Å². The lowest BCUT2D eigenvalue weighted by Gasteiger charge is -2.22. The number of nitrogens with zero attached hydrogens (tertiary/aromatic N) is 1. The van der Waals surface area contributed by atoms with Crippen molar-refractivity contribution in [3.8, 4) is 0 Å². The molecule has 0 saturated carbocycles. The predicted molar refractivity (Wildman–Crippen MR) is 82.8 cm³/mol. The van der Waals surface area contributed by atoms with Crippen LogP contribution >= 0.6 is 11.3 Å². The zero-order chi connectivity index (χ0) is 14.4. The fraction of sp³-hybridized carbons (Fsp3) is 0.333. The Morgan fingerprint density at radius 2 is 2.05 bits per heavy atom. The van der Waals surface area contributed by atoms with E-state index in [9.17, 15) is 4.79 Å². The van der Waals surface area contributed by atoms with E-state index in [2.05, 4.69) is 41.6 Å². The van der Waals surface area contributed by atoms with Crippen LogP contribution in [0.1, 0.15) is 25.5 Å². The van der Waals surface area contributed by atoms with Crippen LogP contribution in [0, 0.1) is 5.92 Å². The second kappa shape index (κ2) is 7.17. The van der Waals surface area contributed by atoms with E-state index in [1.54, 1.807) is 6.20 Å². The van der Waals surface area contributed by atoms with Crippen LogP contribution in [-0.2, 0) is 4.79 Å². The number of anilines is 1. The average Bonchev–Trinajstić information content (AvgIpc) is 2.92. The van der Waals surface area contributed by atoms with Crippen molar-refractivity contribution < 1.29 is 4.79 Å². The normalized spacial score (nSPS) is 12.3. The van der Waals surface area contributed by atoms with Crippen molar-refractivity contribution in [3.63, 3.8) is 0 Å². The fourth-order valence-corrected chi connectivity index (χ4v) is 2.60. The van der Waals surface area contributed by atoms with E-state index >= 15 is 0 Å². The van der Waals surface area contributed by atoms with Gasteiger partial charge in [0.25, 0.3) is 0 Å². The Balaban J connectivity index is 1.91. The van der Waals surface area contributed by atoms with Gasteiger partial charge in [-0.2, -0.15) is 0 Å². The van der Waals surface area contributed by atoms with Gasteiger partial charge in [0.1, 0.15) is 0 Å². The molecule has 4 nitrogen and oxygen atoms in total. The predicted octanol–water partition coefficient (Wildman–Crippen LogP) is 3.07. The standard InChI is InChI=1S/C15H19N3OS/c1-11(2)14(12-6-4-3-5-7-12)17-10-13(19)18-15-16-8-9-20-15/h3-9,11,14,17H,10H2,1-2H3,(H,16,18,19)/t14-/m0/s1. The Morgan fingerprint density at radius 3 is 2.65 bits per heavy atom. The molecule has 1 aromatic heterocycles. The highest BCUT2D eigenvalue weighted by Gasteiger charge is 2.16. The molecule has 0 unspecified atom stereocenters. The SMILES string of the molecule is CC(C)[C@H](NCC(=O)Nc1nccs1)c1ccccc1. The van der Waals surface area contributed by atoms with Crippen LogP contribution < -0.4 is 10.6 Å². The lowest BCUT2D eigenvalue weighted by molar-refractivity contribution is -0.115. The number of amides is 1. The molecule has 5 heteroatoms. The van der Waals surface area contributed by atoms with Crippen LogP contribution in [0.4, 0.5) is 5.13 Å². The van der Waals surface area contributed by atoms with Gasteiger partial charge in [0.2, 0.25) is 5.91 Å². The second-order valence-corrected chi connectivity index (χ2v) is 5.79. The Bertz CT molecular complexity index is 525. The lowest BCUT2D eigenvalue weighted by Crippen LogP contribution is -2.33. The number of hydrogen-bond acceptors (Lipinski definition) is 4. The van der Waals surface area contributed by atoms with Gasteiger partial charge in [0.05, 0.1) is 6.54 Å². The minimum atomic E-state index is -0.0680. The first-order valence-corrected chi connectivity index (χ1v) is 7.52. The first-order valence-electron chi connectivity index (χ1n) is 6.64. The van der Waals surface area contributed by atoms with Gasteiger partial charge in [-0.05, 0) is 11.5 Å². The van der Waals surface area contributed by atoms with Crippen molar-refractivity contribution in [2.45, 2.75) is 19.9 Å². The maximum absolute atomic E-state index is 11.9. The summed E-state index contributed by atoms with van der Waals surface area (Å²) in [6, 6.07) is 10.4. The molecule has 0 aliphatic rings. The Labute approximate surface area is 123 Å². The van der Waals surface area contributed by atoms with Crippen molar-refractivity contribution >= 4 is 22.4 Å². The number of carbonyl (C=O) groups is 1. The fourth-order valence-electron chi connectivity index (χ4n) is 2.05. The number of carbonyl (C=O) groups excluding carboxylic acids is 1. The number of hydrogen-bond donors (Lipinski definition) is 2. The van der Waals surface area contributed by atoms with Gasteiger partial charge in [-0.25, -0.2) is 4.98 Å². The minimum Gasteiger partial charge on any atom is -0.301 e. The van der Waals surface area contributed by atoms with E-state index in [-0.39, 0.29) is 18.5 Å².